The van der Waals surface area contributed by atoms with Crippen LogP contribution in [-0.2, 0) is 6.42 Å². The van der Waals surface area contributed by atoms with E-state index in [1.807, 2.05) is 13.0 Å². The van der Waals surface area contributed by atoms with Crippen LogP contribution in [0.5, 0.6) is 0 Å². The van der Waals surface area contributed by atoms with E-state index in [4.69, 9.17) is 4.42 Å². The fraction of sp³-hybridized carbons (Fsp3) is 0.200. The van der Waals surface area contributed by atoms with Gasteiger partial charge < -0.3 is 9.40 Å². The molecule has 0 spiro atoms. The molecule has 1 N–H and O–H groups in total. The quantitative estimate of drug-likeness (QED) is 0.782. The van der Waals surface area contributed by atoms with Crippen molar-refractivity contribution in [3.8, 4) is 11.6 Å². The molecule has 0 radical (unpaired) electrons. The minimum absolute atomic E-state index is 0.176. The molecule has 0 saturated heterocycles. The van der Waals surface area contributed by atoms with E-state index in [1.165, 1.54) is 12.3 Å². The number of rotatable bonds is 2. The van der Waals surface area contributed by atoms with Crippen LogP contribution in [0.25, 0.3) is 11.6 Å². The van der Waals surface area contributed by atoms with Crippen LogP contribution in [0, 0.1) is 0 Å². The minimum Gasteiger partial charge on any atom is -0.458 e. The lowest BCUT2D eigenvalue weighted by atomic mass is 10.3. The van der Waals surface area contributed by atoms with E-state index in [1.54, 1.807) is 6.07 Å². The molecular weight excluding hydrogens is 180 g/mol. The topological polar surface area (TPSA) is 58.9 Å². The third-order valence-corrected chi connectivity index (χ3v) is 1.91. The Balaban J connectivity index is 2.44. The van der Waals surface area contributed by atoms with Gasteiger partial charge in [0.2, 0.25) is 0 Å². The molecule has 0 saturated carbocycles. The van der Waals surface area contributed by atoms with Crippen LogP contribution in [-0.4, -0.2) is 9.97 Å². The molecule has 0 aromatic carbocycles. The van der Waals surface area contributed by atoms with Gasteiger partial charge in [0.05, 0.1) is 0 Å². The summed E-state index contributed by atoms with van der Waals surface area (Å²) in [6.45, 7) is 2.00. The number of aromatic amines is 1. The first kappa shape index (κ1) is 8.74. The Kier molecular flexibility index (Phi) is 2.18. The van der Waals surface area contributed by atoms with Gasteiger partial charge in [-0.25, -0.2) is 4.98 Å². The fourth-order valence-corrected chi connectivity index (χ4v) is 1.19. The van der Waals surface area contributed by atoms with Gasteiger partial charge in [0, 0.05) is 18.7 Å². The smallest absolute Gasteiger partial charge is 0.251 e. The van der Waals surface area contributed by atoms with Gasteiger partial charge in [0.1, 0.15) is 5.76 Å². The fourth-order valence-electron chi connectivity index (χ4n) is 1.19. The zero-order valence-electron chi connectivity index (χ0n) is 7.78. The second kappa shape index (κ2) is 3.49. The predicted molar refractivity (Wildman–Crippen MR) is 51.9 cm³/mol. The first-order valence-corrected chi connectivity index (χ1v) is 4.44. The van der Waals surface area contributed by atoms with Crippen LogP contribution in [0.3, 0.4) is 0 Å². The number of aromatic nitrogens is 2. The Morgan fingerprint density at radius 2 is 2.29 bits per heavy atom. The predicted octanol–water partition coefficient (Wildman–Crippen LogP) is 1.59. The molecule has 0 bridgehead atoms. The number of aryl methyl sites for hydroxylation is 1. The Labute approximate surface area is 80.6 Å². The summed E-state index contributed by atoms with van der Waals surface area (Å²) in [7, 11) is 0. The van der Waals surface area contributed by atoms with Gasteiger partial charge in [-0.3, -0.25) is 4.79 Å². The third kappa shape index (κ3) is 1.59. The van der Waals surface area contributed by atoms with Crippen molar-refractivity contribution in [2.24, 2.45) is 0 Å². The third-order valence-electron chi connectivity index (χ3n) is 1.91. The monoisotopic (exact) mass is 190 g/mol. The molecule has 2 rings (SSSR count). The van der Waals surface area contributed by atoms with E-state index in [0.717, 1.165) is 12.2 Å². The van der Waals surface area contributed by atoms with Crippen molar-refractivity contribution in [2.75, 3.05) is 0 Å². The summed E-state index contributed by atoms with van der Waals surface area (Å²) in [6.07, 6.45) is 2.29. The molecule has 72 valence electrons. The molecule has 4 nitrogen and oxygen atoms in total. The molecule has 2 heterocycles. The van der Waals surface area contributed by atoms with Crippen molar-refractivity contribution in [3.05, 3.63) is 40.5 Å². The maximum atomic E-state index is 11.0. The van der Waals surface area contributed by atoms with Gasteiger partial charge in [0.15, 0.2) is 11.6 Å². The minimum atomic E-state index is -0.176. The van der Waals surface area contributed by atoms with Crippen LogP contribution in [0.2, 0.25) is 0 Å². The van der Waals surface area contributed by atoms with E-state index >= 15 is 0 Å². The van der Waals surface area contributed by atoms with E-state index in [0.29, 0.717) is 11.6 Å². The van der Waals surface area contributed by atoms with Crippen molar-refractivity contribution in [1.29, 1.82) is 0 Å². The summed E-state index contributed by atoms with van der Waals surface area (Å²) < 4.78 is 5.44. The van der Waals surface area contributed by atoms with Crippen molar-refractivity contribution in [3.63, 3.8) is 0 Å². The lowest BCUT2D eigenvalue weighted by Gasteiger charge is -1.94. The number of furan rings is 1. The lowest BCUT2D eigenvalue weighted by Crippen LogP contribution is -2.05. The highest BCUT2D eigenvalue weighted by Crippen LogP contribution is 2.16. The van der Waals surface area contributed by atoms with E-state index in [2.05, 4.69) is 9.97 Å². The number of nitrogens with zero attached hydrogens (tertiary/aromatic N) is 1. The summed E-state index contributed by atoms with van der Waals surface area (Å²) in [5.74, 6) is 1.95. The maximum absolute atomic E-state index is 11.0. The van der Waals surface area contributed by atoms with Crippen LogP contribution in [0.4, 0.5) is 0 Å². The number of hydrogen-bond donors (Lipinski definition) is 1. The van der Waals surface area contributed by atoms with Crippen molar-refractivity contribution in [1.82, 2.24) is 9.97 Å². The standard InChI is InChI=1S/C10H10N2O2/c1-2-7-3-4-8(14-7)10-11-6-5-9(13)12-10/h3-6H,2H2,1H3,(H,11,12,13). The molecule has 0 aliphatic carbocycles. The summed E-state index contributed by atoms with van der Waals surface area (Å²) >= 11 is 0. The highest BCUT2D eigenvalue weighted by atomic mass is 16.3. The molecule has 2 aromatic heterocycles. The highest BCUT2D eigenvalue weighted by Gasteiger charge is 2.04. The van der Waals surface area contributed by atoms with Crippen LogP contribution in [0.15, 0.2) is 33.6 Å². The largest absolute Gasteiger partial charge is 0.458 e. The van der Waals surface area contributed by atoms with Crippen molar-refractivity contribution < 1.29 is 4.42 Å². The van der Waals surface area contributed by atoms with Gasteiger partial charge >= 0.3 is 0 Å². The Bertz CT molecular complexity index is 485. The molecule has 2 aromatic rings. The molecule has 0 aliphatic heterocycles. The molecule has 0 aliphatic rings. The van der Waals surface area contributed by atoms with Gasteiger partial charge in [-0.05, 0) is 12.1 Å². The average molecular weight is 190 g/mol. The van der Waals surface area contributed by atoms with Gasteiger partial charge in [-0.1, -0.05) is 6.92 Å². The lowest BCUT2D eigenvalue weighted by molar-refractivity contribution is 0.525. The summed E-state index contributed by atoms with van der Waals surface area (Å²) in [5, 5.41) is 0. The maximum Gasteiger partial charge on any atom is 0.251 e. The SMILES string of the molecule is CCc1ccc(-c2nccc(=O)[nH]2)o1. The highest BCUT2D eigenvalue weighted by molar-refractivity contribution is 5.46. The molecule has 4 heteroatoms. The zero-order chi connectivity index (χ0) is 9.97. The van der Waals surface area contributed by atoms with Crippen molar-refractivity contribution >= 4 is 0 Å². The average Bonchev–Trinajstić information content (AvgIpc) is 2.66. The second-order valence-electron chi connectivity index (χ2n) is 2.90. The summed E-state index contributed by atoms with van der Waals surface area (Å²) in [5.41, 5.74) is -0.176. The first-order chi connectivity index (χ1) is 6.79. The molecular formula is C10H10N2O2. The van der Waals surface area contributed by atoms with E-state index in [9.17, 15) is 4.79 Å². The Morgan fingerprint density at radius 3 is 2.93 bits per heavy atom. The second-order valence-corrected chi connectivity index (χ2v) is 2.90. The summed E-state index contributed by atoms with van der Waals surface area (Å²) in [6, 6.07) is 5.05. The van der Waals surface area contributed by atoms with Crippen LogP contribution in [0.1, 0.15) is 12.7 Å². The van der Waals surface area contributed by atoms with Crippen molar-refractivity contribution in [2.45, 2.75) is 13.3 Å². The van der Waals surface area contributed by atoms with Gasteiger partial charge in [-0.15, -0.1) is 0 Å². The zero-order valence-corrected chi connectivity index (χ0v) is 7.78. The van der Waals surface area contributed by atoms with E-state index < -0.39 is 0 Å². The Morgan fingerprint density at radius 1 is 1.43 bits per heavy atom. The molecule has 14 heavy (non-hydrogen) atoms. The molecule has 0 atom stereocenters. The number of nitrogens with one attached hydrogen (secondary N) is 1. The van der Waals surface area contributed by atoms with Gasteiger partial charge in [0.25, 0.3) is 5.56 Å². The molecule has 0 fully saturated rings. The number of H-pyrrole nitrogens is 1. The Hall–Kier alpha value is -1.84. The van der Waals surface area contributed by atoms with E-state index in [-0.39, 0.29) is 5.56 Å². The summed E-state index contributed by atoms with van der Waals surface area (Å²) in [4.78, 5) is 17.6. The van der Waals surface area contributed by atoms with Gasteiger partial charge in [-0.2, -0.15) is 0 Å². The number of hydrogen-bond acceptors (Lipinski definition) is 3. The van der Waals surface area contributed by atoms with Crippen LogP contribution >= 0.6 is 0 Å². The normalized spacial score (nSPS) is 10.4. The van der Waals surface area contributed by atoms with Crippen LogP contribution < -0.4 is 5.56 Å². The molecule has 0 unspecified atom stereocenters. The molecule has 0 amide bonds. The first-order valence-electron chi connectivity index (χ1n) is 4.44.